The number of nitrogens with one attached hydrogen (secondary N) is 2. The van der Waals surface area contributed by atoms with Crippen LogP contribution in [0.15, 0.2) is 112 Å². The smallest absolute Gasteiger partial charge is 0.271 e. The number of halogens is 1. The lowest BCUT2D eigenvalue weighted by Crippen LogP contribution is -2.40. The Labute approximate surface area is 232 Å². The molecule has 1 atom stereocenters. The molecule has 3 heterocycles. The highest BCUT2D eigenvalue weighted by Crippen LogP contribution is 2.31. The summed E-state index contributed by atoms with van der Waals surface area (Å²) >= 11 is 7.46. The van der Waals surface area contributed by atoms with Gasteiger partial charge in [0.15, 0.2) is 4.80 Å². The van der Waals surface area contributed by atoms with Crippen molar-refractivity contribution in [3.05, 3.63) is 138 Å². The number of fused-ring (bicyclic) bond motifs is 1. The Balaban J connectivity index is 1.50. The third kappa shape index (κ3) is 4.76. The number of aromatic amines is 1. The van der Waals surface area contributed by atoms with E-state index < -0.39 is 6.04 Å². The van der Waals surface area contributed by atoms with Gasteiger partial charge in [0, 0.05) is 21.8 Å². The first-order valence-electron chi connectivity index (χ1n) is 12.2. The van der Waals surface area contributed by atoms with Crippen LogP contribution in [0.5, 0.6) is 0 Å². The first kappa shape index (κ1) is 24.8. The van der Waals surface area contributed by atoms with Crippen molar-refractivity contribution < 1.29 is 4.79 Å². The highest BCUT2D eigenvalue weighted by molar-refractivity contribution is 7.07. The van der Waals surface area contributed by atoms with Crippen LogP contribution in [-0.4, -0.2) is 20.7 Å². The number of amides is 1. The van der Waals surface area contributed by atoms with E-state index in [-0.39, 0.29) is 11.5 Å². The number of hydrogen-bond acceptors (Lipinski definition) is 5. The molecule has 3 aromatic carbocycles. The van der Waals surface area contributed by atoms with Crippen molar-refractivity contribution in [2.24, 2.45) is 4.99 Å². The van der Waals surface area contributed by atoms with Gasteiger partial charge in [0.1, 0.15) is 0 Å². The Morgan fingerprint density at radius 1 is 1.03 bits per heavy atom. The highest BCUT2D eigenvalue weighted by atomic mass is 35.5. The van der Waals surface area contributed by atoms with Crippen LogP contribution in [0.25, 0.3) is 17.3 Å². The van der Waals surface area contributed by atoms with Gasteiger partial charge in [-0.1, -0.05) is 83.6 Å². The molecule has 2 N–H and O–H groups in total. The Bertz CT molecular complexity index is 1890. The number of anilines is 1. The van der Waals surface area contributed by atoms with Crippen LogP contribution in [0.1, 0.15) is 24.1 Å². The van der Waals surface area contributed by atoms with E-state index >= 15 is 0 Å². The molecule has 7 nitrogen and oxygen atoms in total. The molecule has 5 aromatic rings. The number of carbonyl (C=O) groups excluding carboxylic acids is 1. The van der Waals surface area contributed by atoms with Crippen LogP contribution in [0, 0.1) is 0 Å². The Morgan fingerprint density at radius 2 is 1.72 bits per heavy atom. The monoisotopic (exact) mass is 551 g/mol. The average Bonchev–Trinajstić information content (AvgIpc) is 3.53. The number of allylic oxidation sites excluding steroid dienone is 1. The normalized spacial score (nSPS) is 15.1. The summed E-state index contributed by atoms with van der Waals surface area (Å²) < 4.78 is 2.08. The molecule has 1 aliphatic heterocycles. The van der Waals surface area contributed by atoms with Crippen molar-refractivity contribution in [2.45, 2.75) is 13.0 Å². The largest absolute Gasteiger partial charge is 0.322 e. The molecule has 1 amide bonds. The van der Waals surface area contributed by atoms with Crippen molar-refractivity contribution in [2.75, 3.05) is 5.32 Å². The quantitative estimate of drug-likeness (QED) is 0.325. The molecule has 0 bridgehead atoms. The molecule has 0 saturated heterocycles. The minimum absolute atomic E-state index is 0.239. The molecular weight excluding hydrogens is 530 g/mol. The van der Waals surface area contributed by atoms with E-state index in [1.807, 2.05) is 78.9 Å². The Hall–Kier alpha value is -4.53. The summed E-state index contributed by atoms with van der Waals surface area (Å²) in [7, 11) is 0. The zero-order chi connectivity index (χ0) is 26.9. The molecule has 9 heteroatoms. The molecule has 0 saturated carbocycles. The maximum atomic E-state index is 13.9. The third-order valence-corrected chi connectivity index (χ3v) is 7.74. The molecule has 0 unspecified atom stereocenters. The average molecular weight is 552 g/mol. The number of hydrogen-bond donors (Lipinski definition) is 2. The maximum Gasteiger partial charge on any atom is 0.271 e. The highest BCUT2D eigenvalue weighted by Gasteiger charge is 2.32. The topological polar surface area (TPSA) is 92.1 Å². The number of benzene rings is 3. The zero-order valence-corrected chi connectivity index (χ0v) is 22.3. The second-order valence-electron chi connectivity index (χ2n) is 9.02. The number of thiazole rings is 1. The fourth-order valence-electron chi connectivity index (χ4n) is 4.67. The van der Waals surface area contributed by atoms with E-state index in [4.69, 9.17) is 16.6 Å². The van der Waals surface area contributed by atoms with Crippen molar-refractivity contribution in [1.82, 2.24) is 14.8 Å². The SMILES string of the molecule is CC1=C(C(=O)Nc2ccccc2)[C@H](c2ccc(Cl)cc2)n2c(sc(=Cc3cn[nH]c3-c3ccccc3)c2=O)=N1. The van der Waals surface area contributed by atoms with Crippen molar-refractivity contribution in [3.8, 4) is 11.3 Å². The summed E-state index contributed by atoms with van der Waals surface area (Å²) in [6.45, 7) is 1.80. The molecular formula is C30H22ClN5O2S. The summed E-state index contributed by atoms with van der Waals surface area (Å²) in [5.41, 5.74) is 4.68. The molecule has 0 aliphatic carbocycles. The molecule has 39 heavy (non-hydrogen) atoms. The standard InChI is InChI=1S/C30H22ClN5O2S/c1-18-25(28(37)34-23-10-6-3-7-11-23)27(20-12-14-22(31)15-13-20)36-29(38)24(39-30(36)33-18)16-21-17-32-35-26(21)19-8-4-2-5-9-19/h2-17,27H,1H3,(H,32,35)(H,34,37)/t27-/m0/s1. The van der Waals surface area contributed by atoms with Crippen LogP contribution in [0.4, 0.5) is 5.69 Å². The van der Waals surface area contributed by atoms with Gasteiger partial charge in [0.05, 0.1) is 33.7 Å². The summed E-state index contributed by atoms with van der Waals surface area (Å²) in [4.78, 5) is 32.8. The van der Waals surface area contributed by atoms with Gasteiger partial charge < -0.3 is 5.32 Å². The predicted molar refractivity (Wildman–Crippen MR) is 154 cm³/mol. The van der Waals surface area contributed by atoms with Gasteiger partial charge in [0.25, 0.3) is 11.5 Å². The minimum Gasteiger partial charge on any atom is -0.322 e. The summed E-state index contributed by atoms with van der Waals surface area (Å²) in [5.74, 6) is -0.321. The summed E-state index contributed by atoms with van der Waals surface area (Å²) in [6, 6.07) is 25.5. The number of carbonyl (C=O) groups is 1. The minimum atomic E-state index is -0.678. The summed E-state index contributed by atoms with van der Waals surface area (Å²) in [5, 5.41) is 10.8. The molecule has 0 fully saturated rings. The van der Waals surface area contributed by atoms with Crippen LogP contribution in [0.2, 0.25) is 5.02 Å². The first-order chi connectivity index (χ1) is 19.0. The van der Waals surface area contributed by atoms with Gasteiger partial charge in [-0.3, -0.25) is 19.3 Å². The molecule has 0 radical (unpaired) electrons. The fourth-order valence-corrected chi connectivity index (χ4v) is 5.84. The lowest BCUT2D eigenvalue weighted by atomic mass is 9.95. The van der Waals surface area contributed by atoms with Crippen LogP contribution in [-0.2, 0) is 4.79 Å². The van der Waals surface area contributed by atoms with E-state index in [1.165, 1.54) is 11.3 Å². The van der Waals surface area contributed by atoms with Crippen molar-refractivity contribution in [1.29, 1.82) is 0 Å². The molecule has 2 aromatic heterocycles. The molecule has 1 aliphatic rings. The number of H-pyrrole nitrogens is 1. The lowest BCUT2D eigenvalue weighted by Gasteiger charge is -2.25. The fraction of sp³-hybridized carbons (Fsp3) is 0.0667. The maximum absolute atomic E-state index is 13.9. The van der Waals surface area contributed by atoms with Crippen LogP contribution in [0.3, 0.4) is 0 Å². The zero-order valence-electron chi connectivity index (χ0n) is 20.8. The second kappa shape index (κ2) is 10.3. The molecule has 0 spiro atoms. The van der Waals surface area contributed by atoms with E-state index in [9.17, 15) is 9.59 Å². The number of nitrogens with zero attached hydrogens (tertiary/aromatic N) is 3. The third-order valence-electron chi connectivity index (χ3n) is 6.50. The van der Waals surface area contributed by atoms with E-state index in [0.29, 0.717) is 31.3 Å². The van der Waals surface area contributed by atoms with E-state index in [2.05, 4.69) is 15.5 Å². The van der Waals surface area contributed by atoms with Gasteiger partial charge in [-0.05, 0) is 42.8 Å². The number of rotatable bonds is 5. The van der Waals surface area contributed by atoms with E-state index in [1.54, 1.807) is 29.8 Å². The molecule has 6 rings (SSSR count). The van der Waals surface area contributed by atoms with Crippen LogP contribution < -0.4 is 20.2 Å². The first-order valence-corrected chi connectivity index (χ1v) is 13.4. The van der Waals surface area contributed by atoms with E-state index in [0.717, 1.165) is 22.4 Å². The van der Waals surface area contributed by atoms with Gasteiger partial charge in [-0.25, -0.2) is 4.99 Å². The van der Waals surface area contributed by atoms with Gasteiger partial charge in [0.2, 0.25) is 0 Å². The second-order valence-corrected chi connectivity index (χ2v) is 10.5. The Kier molecular flexibility index (Phi) is 6.56. The van der Waals surface area contributed by atoms with Gasteiger partial charge >= 0.3 is 0 Å². The predicted octanol–water partition coefficient (Wildman–Crippen LogP) is 4.92. The van der Waals surface area contributed by atoms with Crippen LogP contribution >= 0.6 is 22.9 Å². The van der Waals surface area contributed by atoms with Gasteiger partial charge in [-0.15, -0.1) is 0 Å². The van der Waals surface area contributed by atoms with Gasteiger partial charge in [-0.2, -0.15) is 5.10 Å². The Morgan fingerprint density at radius 3 is 2.44 bits per heavy atom. The summed E-state index contributed by atoms with van der Waals surface area (Å²) in [6.07, 6.45) is 3.51. The number of para-hydroxylation sites is 1. The van der Waals surface area contributed by atoms with Crippen molar-refractivity contribution in [3.63, 3.8) is 0 Å². The van der Waals surface area contributed by atoms with Crippen molar-refractivity contribution >= 4 is 40.6 Å². The lowest BCUT2D eigenvalue weighted by molar-refractivity contribution is -0.113. The number of aromatic nitrogens is 3. The molecule has 192 valence electrons.